The van der Waals surface area contributed by atoms with E-state index in [9.17, 15) is 13.6 Å². The second-order valence-corrected chi connectivity index (χ2v) is 4.00. The van der Waals surface area contributed by atoms with Crippen LogP contribution in [-0.2, 0) is 4.74 Å². The molecule has 2 aromatic rings. The molecule has 2 N–H and O–H groups in total. The number of nitrogens with one attached hydrogen (secondary N) is 2. The fraction of sp³-hybridized carbons (Fsp3) is 0.308. The lowest BCUT2D eigenvalue weighted by atomic mass is 10.1. The number of amides is 1. The van der Waals surface area contributed by atoms with Gasteiger partial charge in [0, 0.05) is 23.8 Å². The number of H-pyrrole nitrogens is 1. The number of aromatic nitrogens is 1. The highest BCUT2D eigenvalue weighted by Crippen LogP contribution is 2.13. The summed E-state index contributed by atoms with van der Waals surface area (Å²) in [6.45, 7) is -0.334. The van der Waals surface area contributed by atoms with Gasteiger partial charge in [0.15, 0.2) is 0 Å². The van der Waals surface area contributed by atoms with Crippen LogP contribution in [0.1, 0.15) is 10.4 Å². The monoisotopic (exact) mass is 268 g/mol. The molecule has 0 fully saturated rings. The fourth-order valence-electron chi connectivity index (χ4n) is 1.70. The smallest absolute Gasteiger partial charge is 0.261 e. The third kappa shape index (κ3) is 3.75. The molecule has 1 aromatic carbocycles. The summed E-state index contributed by atoms with van der Waals surface area (Å²) in [5.74, 6) is -0.253. The first-order valence-electron chi connectivity index (χ1n) is 5.88. The number of rotatable bonds is 6. The zero-order chi connectivity index (χ0) is 13.7. The minimum atomic E-state index is -2.48. The maximum absolute atomic E-state index is 11.8. The van der Waals surface area contributed by atoms with Crippen LogP contribution in [0.3, 0.4) is 0 Å². The molecule has 19 heavy (non-hydrogen) atoms. The highest BCUT2D eigenvalue weighted by molar-refractivity contribution is 5.97. The van der Waals surface area contributed by atoms with E-state index in [-0.39, 0.29) is 19.1 Å². The van der Waals surface area contributed by atoms with Gasteiger partial charge < -0.3 is 15.0 Å². The van der Waals surface area contributed by atoms with Crippen molar-refractivity contribution in [2.45, 2.75) is 6.43 Å². The van der Waals surface area contributed by atoms with Crippen LogP contribution in [0.5, 0.6) is 0 Å². The first-order chi connectivity index (χ1) is 9.16. The van der Waals surface area contributed by atoms with E-state index >= 15 is 0 Å². The number of carbonyl (C=O) groups excluding carboxylic acids is 1. The highest BCUT2D eigenvalue weighted by atomic mass is 19.3. The fourth-order valence-corrected chi connectivity index (χ4v) is 1.70. The molecule has 1 aromatic heterocycles. The van der Waals surface area contributed by atoms with E-state index in [0.717, 1.165) is 10.9 Å². The maximum Gasteiger partial charge on any atom is 0.261 e. The number of alkyl halides is 2. The number of benzene rings is 1. The van der Waals surface area contributed by atoms with Gasteiger partial charge in [-0.25, -0.2) is 8.78 Å². The molecule has 1 amide bonds. The number of halogens is 2. The van der Waals surface area contributed by atoms with Gasteiger partial charge in [-0.15, -0.1) is 0 Å². The summed E-state index contributed by atoms with van der Waals surface area (Å²) in [5.41, 5.74) is 1.39. The van der Waals surface area contributed by atoms with Crippen molar-refractivity contribution in [3.05, 3.63) is 36.0 Å². The Kier molecular flexibility index (Phi) is 4.46. The minimum Gasteiger partial charge on any atom is -0.374 e. The summed E-state index contributed by atoms with van der Waals surface area (Å²) >= 11 is 0. The lowest BCUT2D eigenvalue weighted by Gasteiger charge is -2.06. The molecule has 102 valence electrons. The van der Waals surface area contributed by atoms with Crippen LogP contribution >= 0.6 is 0 Å². The lowest BCUT2D eigenvalue weighted by molar-refractivity contribution is 0.0188. The number of ether oxygens (including phenoxy) is 1. The molecule has 4 nitrogen and oxygen atoms in total. The molecule has 0 radical (unpaired) electrons. The average Bonchev–Trinajstić information content (AvgIpc) is 2.84. The van der Waals surface area contributed by atoms with E-state index < -0.39 is 13.0 Å². The third-order valence-corrected chi connectivity index (χ3v) is 2.59. The van der Waals surface area contributed by atoms with E-state index in [2.05, 4.69) is 15.0 Å². The molecular formula is C13H14F2N2O2. The van der Waals surface area contributed by atoms with Crippen molar-refractivity contribution in [3.63, 3.8) is 0 Å². The van der Waals surface area contributed by atoms with Gasteiger partial charge in [0.25, 0.3) is 12.3 Å². The number of fused-ring (bicyclic) bond motifs is 1. The SMILES string of the molecule is O=C(NCCOCC(F)F)c1ccc2cc[nH]c2c1. The van der Waals surface area contributed by atoms with Gasteiger partial charge in [-0.05, 0) is 23.6 Å². The van der Waals surface area contributed by atoms with Crippen LogP contribution in [0, 0.1) is 0 Å². The number of hydrogen-bond acceptors (Lipinski definition) is 2. The van der Waals surface area contributed by atoms with E-state index in [1.165, 1.54) is 0 Å². The van der Waals surface area contributed by atoms with Gasteiger partial charge in [-0.2, -0.15) is 0 Å². The zero-order valence-electron chi connectivity index (χ0n) is 10.2. The van der Waals surface area contributed by atoms with Gasteiger partial charge in [0.2, 0.25) is 0 Å². The molecule has 2 rings (SSSR count). The summed E-state index contributed by atoms with van der Waals surface area (Å²) in [5, 5.41) is 3.63. The molecule has 0 aliphatic rings. The Balaban J connectivity index is 1.82. The Hall–Kier alpha value is -1.95. The molecule has 0 saturated heterocycles. The topological polar surface area (TPSA) is 54.1 Å². The minimum absolute atomic E-state index is 0.0703. The van der Waals surface area contributed by atoms with Crippen molar-refractivity contribution in [2.24, 2.45) is 0 Å². The van der Waals surface area contributed by atoms with Crippen LogP contribution < -0.4 is 5.32 Å². The Morgan fingerprint density at radius 3 is 3.00 bits per heavy atom. The molecule has 6 heteroatoms. The lowest BCUT2D eigenvalue weighted by Crippen LogP contribution is -2.27. The molecular weight excluding hydrogens is 254 g/mol. The van der Waals surface area contributed by atoms with Crippen molar-refractivity contribution in [1.82, 2.24) is 10.3 Å². The Morgan fingerprint density at radius 1 is 1.37 bits per heavy atom. The van der Waals surface area contributed by atoms with Gasteiger partial charge in [0.1, 0.15) is 6.61 Å². The van der Waals surface area contributed by atoms with Crippen LogP contribution in [-0.4, -0.2) is 37.1 Å². The number of carbonyl (C=O) groups is 1. The van der Waals surface area contributed by atoms with Crippen molar-refractivity contribution >= 4 is 16.8 Å². The molecule has 0 aliphatic heterocycles. The average molecular weight is 268 g/mol. The van der Waals surface area contributed by atoms with E-state index in [4.69, 9.17) is 0 Å². The first-order valence-corrected chi connectivity index (χ1v) is 5.88. The summed E-state index contributed by atoms with van der Waals surface area (Å²) in [6.07, 6.45) is -0.684. The second-order valence-electron chi connectivity index (χ2n) is 4.00. The maximum atomic E-state index is 11.8. The van der Waals surface area contributed by atoms with Crippen molar-refractivity contribution in [1.29, 1.82) is 0 Å². The van der Waals surface area contributed by atoms with Crippen molar-refractivity contribution in [3.8, 4) is 0 Å². The van der Waals surface area contributed by atoms with Crippen molar-refractivity contribution in [2.75, 3.05) is 19.8 Å². The molecule has 0 atom stereocenters. The Labute approximate surface area is 108 Å². The van der Waals surface area contributed by atoms with Gasteiger partial charge in [0.05, 0.1) is 6.61 Å². The molecule has 0 unspecified atom stereocenters. The predicted octanol–water partition coefficient (Wildman–Crippen LogP) is 2.18. The highest BCUT2D eigenvalue weighted by Gasteiger charge is 2.06. The van der Waals surface area contributed by atoms with Crippen LogP contribution in [0.25, 0.3) is 10.9 Å². The van der Waals surface area contributed by atoms with Crippen LogP contribution in [0.2, 0.25) is 0 Å². The third-order valence-electron chi connectivity index (χ3n) is 2.59. The van der Waals surface area contributed by atoms with E-state index in [0.29, 0.717) is 5.56 Å². The standard InChI is InChI=1S/C13H14F2N2O2/c14-12(15)8-19-6-5-17-13(18)10-2-1-9-3-4-16-11(9)7-10/h1-4,7,12,16H,5-6,8H2,(H,17,18). The van der Waals surface area contributed by atoms with Gasteiger partial charge in [-0.1, -0.05) is 6.07 Å². The first kappa shape index (κ1) is 13.5. The van der Waals surface area contributed by atoms with Crippen LogP contribution in [0.15, 0.2) is 30.5 Å². The van der Waals surface area contributed by atoms with Crippen molar-refractivity contribution < 1.29 is 18.3 Å². The summed E-state index contributed by atoms with van der Waals surface area (Å²) in [4.78, 5) is 14.8. The Morgan fingerprint density at radius 2 is 2.21 bits per heavy atom. The van der Waals surface area contributed by atoms with Gasteiger partial charge in [-0.3, -0.25) is 4.79 Å². The van der Waals surface area contributed by atoms with Gasteiger partial charge >= 0.3 is 0 Å². The molecule has 1 heterocycles. The molecule has 0 spiro atoms. The quantitative estimate of drug-likeness (QED) is 0.789. The summed E-state index contributed by atoms with van der Waals surface area (Å²) < 4.78 is 28.2. The zero-order valence-corrected chi connectivity index (χ0v) is 10.2. The summed E-state index contributed by atoms with van der Waals surface area (Å²) in [6, 6.07) is 7.21. The Bertz CT molecular complexity index is 554. The largest absolute Gasteiger partial charge is 0.374 e. The number of hydrogen-bond donors (Lipinski definition) is 2. The molecule has 0 bridgehead atoms. The molecule has 0 aliphatic carbocycles. The van der Waals surface area contributed by atoms with E-state index in [1.54, 1.807) is 18.3 Å². The predicted molar refractivity (Wildman–Crippen MR) is 67.5 cm³/mol. The number of aromatic amines is 1. The second kappa shape index (κ2) is 6.29. The van der Waals surface area contributed by atoms with Crippen LogP contribution in [0.4, 0.5) is 8.78 Å². The van der Waals surface area contributed by atoms with E-state index in [1.807, 2.05) is 12.1 Å². The normalized spacial score (nSPS) is 11.1. The summed E-state index contributed by atoms with van der Waals surface area (Å²) in [7, 11) is 0. The molecule has 0 saturated carbocycles.